The average Bonchev–Trinajstić information content (AvgIpc) is 3.09. The van der Waals surface area contributed by atoms with E-state index in [1.165, 1.54) is 0 Å². The Hall–Kier alpha value is -4.77. The topological polar surface area (TPSA) is 96.4 Å². The van der Waals surface area contributed by atoms with Crippen molar-refractivity contribution < 1.29 is 19.5 Å². The molecule has 0 saturated carbocycles. The van der Waals surface area contributed by atoms with E-state index in [1.54, 1.807) is 61.9 Å². The van der Waals surface area contributed by atoms with Gasteiger partial charge in [-0.15, -0.1) is 6.58 Å². The van der Waals surface area contributed by atoms with E-state index in [9.17, 15) is 19.5 Å². The van der Waals surface area contributed by atoms with Gasteiger partial charge in [0.25, 0.3) is 0 Å². The SMILES string of the molecule is C=CCN1CC(=O)N2[C@@H](Cc3ccc(O)cc3)C(=O)N(Cc3ccccc3Sc3ccc(Cl)cc3)C[C@@H]2N1C(=O)NCc1ccccc1. The first-order valence-electron chi connectivity index (χ1n) is 15.7. The largest absolute Gasteiger partial charge is 0.508 e. The summed E-state index contributed by atoms with van der Waals surface area (Å²) < 4.78 is 0. The molecule has 0 unspecified atom stereocenters. The molecule has 246 valence electrons. The van der Waals surface area contributed by atoms with Crippen molar-refractivity contribution >= 4 is 41.2 Å². The first-order valence-corrected chi connectivity index (χ1v) is 16.9. The van der Waals surface area contributed by atoms with Gasteiger partial charge >= 0.3 is 6.03 Å². The van der Waals surface area contributed by atoms with Crippen molar-refractivity contribution in [3.8, 4) is 5.75 Å². The molecule has 2 aliphatic rings. The highest BCUT2D eigenvalue weighted by Crippen LogP contribution is 2.34. The Kier molecular flexibility index (Phi) is 10.3. The number of hydrogen-bond donors (Lipinski definition) is 2. The Bertz CT molecular complexity index is 1770. The molecule has 0 aliphatic carbocycles. The monoisotopic (exact) mass is 681 g/mol. The molecule has 0 spiro atoms. The highest BCUT2D eigenvalue weighted by Gasteiger charge is 2.51. The van der Waals surface area contributed by atoms with Gasteiger partial charge in [0.2, 0.25) is 11.8 Å². The van der Waals surface area contributed by atoms with Gasteiger partial charge in [-0.2, -0.15) is 0 Å². The van der Waals surface area contributed by atoms with Crippen LogP contribution in [0.25, 0.3) is 0 Å². The number of phenolic OH excluding ortho intramolecular Hbond substituents is 1. The van der Waals surface area contributed by atoms with Crippen LogP contribution in [0.3, 0.4) is 0 Å². The molecule has 2 fully saturated rings. The molecule has 4 amide bonds. The zero-order chi connectivity index (χ0) is 33.6. The summed E-state index contributed by atoms with van der Waals surface area (Å²) in [5.41, 5.74) is 2.66. The minimum Gasteiger partial charge on any atom is -0.508 e. The zero-order valence-electron chi connectivity index (χ0n) is 26.2. The Morgan fingerprint density at radius 3 is 2.38 bits per heavy atom. The van der Waals surface area contributed by atoms with Crippen LogP contribution in [0.1, 0.15) is 16.7 Å². The highest BCUT2D eigenvalue weighted by atomic mass is 35.5. The molecule has 0 radical (unpaired) electrons. The summed E-state index contributed by atoms with van der Waals surface area (Å²) in [7, 11) is 0. The van der Waals surface area contributed by atoms with E-state index in [-0.39, 0.29) is 56.2 Å². The lowest BCUT2D eigenvalue weighted by Gasteiger charge is -2.55. The Morgan fingerprint density at radius 1 is 0.938 bits per heavy atom. The summed E-state index contributed by atoms with van der Waals surface area (Å²) in [4.78, 5) is 47.6. The number of nitrogens with zero attached hydrogens (tertiary/aromatic N) is 4. The molecule has 2 heterocycles. The third-order valence-corrected chi connectivity index (χ3v) is 9.78. The molecule has 48 heavy (non-hydrogen) atoms. The third-order valence-electron chi connectivity index (χ3n) is 8.41. The molecule has 9 nitrogen and oxygen atoms in total. The van der Waals surface area contributed by atoms with Gasteiger partial charge in [0.1, 0.15) is 18.0 Å². The summed E-state index contributed by atoms with van der Waals surface area (Å²) in [6, 6.07) is 30.5. The number of piperazine rings is 1. The van der Waals surface area contributed by atoms with Crippen molar-refractivity contribution in [1.82, 2.24) is 25.1 Å². The molecule has 4 aromatic rings. The fourth-order valence-electron chi connectivity index (χ4n) is 6.12. The third kappa shape index (κ3) is 7.52. The maximum Gasteiger partial charge on any atom is 0.334 e. The standard InChI is InChI=1S/C37H36ClN5O4S/c1-2-20-41-25-35(45)42-32(21-26-12-16-30(44)17-13-26)36(46)40(24-34(42)43(41)37(47)39-22-27-8-4-3-5-9-27)23-28-10-6-7-11-33(28)48-31-18-14-29(38)15-19-31/h2-19,32,34,44H,1,20-25H2,(H,39,47)/t32-,34-/m0/s1. The minimum absolute atomic E-state index is 0.0821. The minimum atomic E-state index is -0.868. The summed E-state index contributed by atoms with van der Waals surface area (Å²) >= 11 is 7.70. The molecule has 2 N–H and O–H groups in total. The van der Waals surface area contributed by atoms with Gasteiger partial charge in [-0.1, -0.05) is 90.1 Å². The lowest BCUT2D eigenvalue weighted by atomic mass is 9.98. The molecule has 2 atom stereocenters. The van der Waals surface area contributed by atoms with Gasteiger partial charge < -0.3 is 20.2 Å². The van der Waals surface area contributed by atoms with Crippen LogP contribution in [0.5, 0.6) is 5.75 Å². The van der Waals surface area contributed by atoms with E-state index in [0.29, 0.717) is 11.6 Å². The fraction of sp³-hybridized carbons (Fsp3) is 0.216. The van der Waals surface area contributed by atoms with E-state index < -0.39 is 12.2 Å². The van der Waals surface area contributed by atoms with Crippen molar-refractivity contribution in [2.24, 2.45) is 0 Å². The smallest absolute Gasteiger partial charge is 0.334 e. The van der Waals surface area contributed by atoms with Crippen molar-refractivity contribution in [1.29, 1.82) is 0 Å². The number of aromatic hydroxyl groups is 1. The summed E-state index contributed by atoms with van der Waals surface area (Å²) in [6.07, 6.45) is 1.11. The van der Waals surface area contributed by atoms with Gasteiger partial charge in [0, 0.05) is 40.9 Å². The Labute approximate surface area is 289 Å². The number of rotatable bonds is 10. The molecule has 0 bridgehead atoms. The second kappa shape index (κ2) is 15.0. The Morgan fingerprint density at radius 2 is 1.65 bits per heavy atom. The second-order valence-corrected chi connectivity index (χ2v) is 13.2. The predicted octanol–water partition coefficient (Wildman–Crippen LogP) is 5.93. The first-order chi connectivity index (χ1) is 23.3. The van der Waals surface area contributed by atoms with Crippen LogP contribution in [-0.2, 0) is 29.1 Å². The molecule has 0 aromatic heterocycles. The summed E-state index contributed by atoms with van der Waals surface area (Å²) in [5, 5.41) is 16.8. The quantitative estimate of drug-likeness (QED) is 0.202. The molecule has 11 heteroatoms. The van der Waals surface area contributed by atoms with Crippen LogP contribution in [-0.4, -0.2) is 74.6 Å². The second-order valence-electron chi connectivity index (χ2n) is 11.7. The van der Waals surface area contributed by atoms with Crippen LogP contribution < -0.4 is 5.32 Å². The molecular formula is C37H36ClN5O4S. The lowest BCUT2D eigenvalue weighted by molar-refractivity contribution is -0.189. The number of fused-ring (bicyclic) bond motifs is 1. The molecule has 2 saturated heterocycles. The normalized spacial score (nSPS) is 18.1. The van der Waals surface area contributed by atoms with E-state index >= 15 is 0 Å². The van der Waals surface area contributed by atoms with Crippen molar-refractivity contribution in [3.63, 3.8) is 0 Å². The van der Waals surface area contributed by atoms with Crippen LogP contribution in [0, 0.1) is 0 Å². The van der Waals surface area contributed by atoms with Gasteiger partial charge in [-0.3, -0.25) is 9.59 Å². The number of nitrogens with one attached hydrogen (secondary N) is 1. The van der Waals surface area contributed by atoms with Crippen molar-refractivity contribution in [2.75, 3.05) is 19.6 Å². The van der Waals surface area contributed by atoms with Crippen molar-refractivity contribution in [2.45, 2.75) is 41.5 Å². The molecule has 2 aliphatic heterocycles. The molecule has 6 rings (SSSR count). The number of urea groups is 1. The highest BCUT2D eigenvalue weighted by molar-refractivity contribution is 7.99. The van der Waals surface area contributed by atoms with Gasteiger partial charge in [-0.25, -0.2) is 14.8 Å². The number of hydrogen-bond acceptors (Lipinski definition) is 6. The van der Waals surface area contributed by atoms with Crippen LogP contribution in [0.15, 0.2) is 126 Å². The summed E-state index contributed by atoms with van der Waals surface area (Å²) in [6.45, 7) is 4.74. The van der Waals surface area contributed by atoms with Crippen LogP contribution in [0.4, 0.5) is 4.79 Å². The van der Waals surface area contributed by atoms with Crippen LogP contribution in [0.2, 0.25) is 5.02 Å². The summed E-state index contributed by atoms with van der Waals surface area (Å²) in [5.74, 6) is -0.344. The maximum atomic E-state index is 14.4. The number of carbonyl (C=O) groups is 3. The maximum absolute atomic E-state index is 14.4. The number of amides is 4. The van der Waals surface area contributed by atoms with Gasteiger partial charge in [-0.05, 0) is 59.2 Å². The first kappa shape index (κ1) is 33.1. The van der Waals surface area contributed by atoms with Gasteiger partial charge in [0.15, 0.2) is 0 Å². The van der Waals surface area contributed by atoms with E-state index in [2.05, 4.69) is 11.9 Å². The fourth-order valence-corrected chi connectivity index (χ4v) is 7.19. The predicted molar refractivity (Wildman–Crippen MR) is 186 cm³/mol. The van der Waals surface area contributed by atoms with Gasteiger partial charge in [0.05, 0.1) is 13.1 Å². The zero-order valence-corrected chi connectivity index (χ0v) is 27.8. The van der Waals surface area contributed by atoms with E-state index in [4.69, 9.17) is 11.6 Å². The number of benzene rings is 4. The number of phenols is 1. The van der Waals surface area contributed by atoms with E-state index in [1.807, 2.05) is 78.9 Å². The number of halogens is 1. The average molecular weight is 682 g/mol. The Balaban J connectivity index is 1.34. The molecule has 4 aromatic carbocycles. The number of hydrazine groups is 1. The lowest BCUT2D eigenvalue weighted by Crippen LogP contribution is -2.76. The van der Waals surface area contributed by atoms with Crippen LogP contribution >= 0.6 is 23.4 Å². The van der Waals surface area contributed by atoms with E-state index in [0.717, 1.165) is 26.5 Å². The van der Waals surface area contributed by atoms with Crippen molar-refractivity contribution in [3.05, 3.63) is 137 Å². The number of carbonyl (C=O) groups excluding carboxylic acids is 3. The molecular weight excluding hydrogens is 646 g/mol.